The molecule has 0 aromatic carbocycles. The summed E-state index contributed by atoms with van der Waals surface area (Å²) in [6, 6.07) is 0. The smallest absolute Gasteiger partial charge is 0.302 e. The molecule has 0 saturated carbocycles. The predicted molar refractivity (Wildman–Crippen MR) is 77.4 cm³/mol. The molecular formula is C12H18O6S2. The molecule has 8 heteroatoms. The maximum atomic E-state index is 11.2. The van der Waals surface area contributed by atoms with Crippen molar-refractivity contribution >= 4 is 45.7 Å². The molecule has 114 valence electrons. The molecule has 2 atom stereocenters. The van der Waals surface area contributed by atoms with Crippen LogP contribution in [0.3, 0.4) is 0 Å². The Bertz CT molecular complexity index is 346. The minimum absolute atomic E-state index is 0.0220. The maximum Gasteiger partial charge on any atom is 0.302 e. The zero-order chi connectivity index (χ0) is 15.7. The molecular weight excluding hydrogens is 304 g/mol. The molecule has 0 aliphatic heterocycles. The van der Waals surface area contributed by atoms with Gasteiger partial charge in [0.15, 0.2) is 10.2 Å². The van der Waals surface area contributed by atoms with E-state index in [0.29, 0.717) is 0 Å². The standard InChI is InChI=1S/C12H18O6S2/c1-7(13)17-5-11(19-9(3)15)12(20-10(4)16)6-18-8(2)14/h11-12H,5-6H2,1-4H3. The molecule has 0 amide bonds. The first-order valence-corrected chi connectivity index (χ1v) is 7.59. The van der Waals surface area contributed by atoms with E-state index in [1.165, 1.54) is 27.7 Å². The summed E-state index contributed by atoms with van der Waals surface area (Å²) in [5.74, 6) is -0.948. The zero-order valence-electron chi connectivity index (χ0n) is 11.8. The van der Waals surface area contributed by atoms with Crippen LogP contribution in [0.1, 0.15) is 27.7 Å². The van der Waals surface area contributed by atoms with E-state index in [1.54, 1.807) is 0 Å². The van der Waals surface area contributed by atoms with Crippen molar-refractivity contribution in [1.82, 2.24) is 0 Å². The number of carbonyl (C=O) groups excluding carboxylic acids is 4. The molecule has 0 rings (SSSR count). The van der Waals surface area contributed by atoms with Gasteiger partial charge in [0.25, 0.3) is 0 Å². The fraction of sp³-hybridized carbons (Fsp3) is 0.667. The maximum absolute atomic E-state index is 11.2. The Kier molecular flexibility index (Phi) is 9.32. The second-order valence-electron chi connectivity index (χ2n) is 3.90. The first-order valence-electron chi connectivity index (χ1n) is 5.83. The van der Waals surface area contributed by atoms with Gasteiger partial charge in [-0.1, -0.05) is 23.5 Å². The summed E-state index contributed by atoms with van der Waals surface area (Å²) in [6.45, 7) is 5.24. The number of thioether (sulfide) groups is 2. The Hall–Kier alpha value is -1.02. The fourth-order valence-electron chi connectivity index (χ4n) is 1.26. The van der Waals surface area contributed by atoms with Gasteiger partial charge in [0.05, 0.1) is 10.5 Å². The quantitative estimate of drug-likeness (QED) is 0.650. The summed E-state index contributed by atoms with van der Waals surface area (Å²) >= 11 is 1.93. The Morgan fingerprint density at radius 3 is 1.25 bits per heavy atom. The number of carbonyl (C=O) groups is 4. The Balaban J connectivity index is 4.83. The van der Waals surface area contributed by atoms with Crippen molar-refractivity contribution in [1.29, 1.82) is 0 Å². The van der Waals surface area contributed by atoms with Crippen LogP contribution in [0.4, 0.5) is 0 Å². The minimum atomic E-state index is -0.474. The largest absolute Gasteiger partial charge is 0.465 e. The van der Waals surface area contributed by atoms with Crippen molar-refractivity contribution in [2.75, 3.05) is 13.2 Å². The molecule has 0 spiro atoms. The fourth-order valence-corrected chi connectivity index (χ4v) is 3.18. The van der Waals surface area contributed by atoms with Gasteiger partial charge >= 0.3 is 11.9 Å². The summed E-state index contributed by atoms with van der Waals surface area (Å²) in [5, 5.41) is -1.24. The normalized spacial score (nSPS) is 13.2. The monoisotopic (exact) mass is 322 g/mol. The van der Waals surface area contributed by atoms with E-state index < -0.39 is 22.4 Å². The summed E-state index contributed by atoms with van der Waals surface area (Å²) in [4.78, 5) is 44.2. The highest BCUT2D eigenvalue weighted by molar-refractivity contribution is 8.17. The van der Waals surface area contributed by atoms with Crippen LogP contribution < -0.4 is 0 Å². The predicted octanol–water partition coefficient (Wildman–Crippen LogP) is 1.41. The third-order valence-corrected chi connectivity index (χ3v) is 4.32. The molecule has 0 saturated heterocycles. The molecule has 0 radical (unpaired) electrons. The van der Waals surface area contributed by atoms with Crippen molar-refractivity contribution in [2.45, 2.75) is 38.2 Å². The van der Waals surface area contributed by atoms with Gasteiger partial charge in [-0.25, -0.2) is 0 Å². The molecule has 6 nitrogen and oxygen atoms in total. The molecule has 20 heavy (non-hydrogen) atoms. The van der Waals surface area contributed by atoms with Crippen LogP contribution in [0.2, 0.25) is 0 Å². The number of hydrogen-bond donors (Lipinski definition) is 0. The molecule has 2 unspecified atom stereocenters. The number of ether oxygens (including phenoxy) is 2. The van der Waals surface area contributed by atoms with Crippen LogP contribution >= 0.6 is 23.5 Å². The third kappa shape index (κ3) is 9.85. The van der Waals surface area contributed by atoms with Gasteiger partial charge in [-0.05, 0) is 0 Å². The van der Waals surface area contributed by atoms with E-state index >= 15 is 0 Å². The van der Waals surface area contributed by atoms with E-state index in [1.807, 2.05) is 0 Å². The van der Waals surface area contributed by atoms with Crippen LogP contribution in [0.5, 0.6) is 0 Å². The zero-order valence-corrected chi connectivity index (χ0v) is 13.5. The van der Waals surface area contributed by atoms with Crippen molar-refractivity contribution in [3.63, 3.8) is 0 Å². The third-order valence-electron chi connectivity index (χ3n) is 1.95. The molecule has 0 fully saturated rings. The van der Waals surface area contributed by atoms with Gasteiger partial charge in [0.1, 0.15) is 13.2 Å². The Labute approximate surface area is 126 Å². The highest BCUT2D eigenvalue weighted by Gasteiger charge is 2.28. The highest BCUT2D eigenvalue weighted by atomic mass is 32.2. The Morgan fingerprint density at radius 1 is 0.750 bits per heavy atom. The average Bonchev–Trinajstić information content (AvgIpc) is 2.28. The van der Waals surface area contributed by atoms with E-state index in [4.69, 9.17) is 9.47 Å². The Morgan fingerprint density at radius 2 is 1.05 bits per heavy atom. The number of esters is 2. The first kappa shape index (κ1) is 19.0. The van der Waals surface area contributed by atoms with Gasteiger partial charge in [-0.15, -0.1) is 0 Å². The van der Waals surface area contributed by atoms with Crippen molar-refractivity contribution in [3.8, 4) is 0 Å². The van der Waals surface area contributed by atoms with Gasteiger partial charge in [-0.2, -0.15) is 0 Å². The molecule has 0 aromatic heterocycles. The molecule has 0 heterocycles. The summed E-state index contributed by atoms with van der Waals surface area (Å²) in [7, 11) is 0. The first-order chi connectivity index (χ1) is 9.22. The lowest BCUT2D eigenvalue weighted by molar-refractivity contribution is -0.143. The average molecular weight is 322 g/mol. The van der Waals surface area contributed by atoms with Gasteiger partial charge < -0.3 is 9.47 Å². The van der Waals surface area contributed by atoms with E-state index in [9.17, 15) is 19.2 Å². The highest BCUT2D eigenvalue weighted by Crippen LogP contribution is 2.27. The summed E-state index contributed by atoms with van der Waals surface area (Å²) in [5.41, 5.74) is 0. The van der Waals surface area contributed by atoms with E-state index in [2.05, 4.69) is 0 Å². The van der Waals surface area contributed by atoms with Crippen LogP contribution in [0.25, 0.3) is 0 Å². The van der Waals surface area contributed by atoms with Gasteiger partial charge in [-0.3, -0.25) is 19.2 Å². The molecule has 0 aliphatic rings. The second-order valence-corrected chi connectivity index (χ2v) is 6.73. The van der Waals surface area contributed by atoms with Crippen LogP contribution in [-0.4, -0.2) is 45.9 Å². The van der Waals surface area contributed by atoms with Crippen molar-refractivity contribution in [2.24, 2.45) is 0 Å². The lowest BCUT2D eigenvalue weighted by Gasteiger charge is -2.23. The molecule has 0 N–H and O–H groups in total. The second kappa shape index (κ2) is 9.82. The van der Waals surface area contributed by atoms with Crippen LogP contribution in [-0.2, 0) is 28.7 Å². The summed E-state index contributed by atoms with van der Waals surface area (Å²) in [6.07, 6.45) is 0. The molecule has 0 bridgehead atoms. The van der Waals surface area contributed by atoms with E-state index in [-0.39, 0.29) is 23.4 Å². The number of hydrogen-bond acceptors (Lipinski definition) is 8. The topological polar surface area (TPSA) is 86.7 Å². The minimum Gasteiger partial charge on any atom is -0.465 e. The molecule has 0 aliphatic carbocycles. The van der Waals surface area contributed by atoms with Crippen molar-refractivity contribution in [3.05, 3.63) is 0 Å². The van der Waals surface area contributed by atoms with Crippen LogP contribution in [0, 0.1) is 0 Å². The lowest BCUT2D eigenvalue weighted by atomic mass is 10.3. The molecule has 0 aromatic rings. The van der Waals surface area contributed by atoms with Gasteiger partial charge in [0, 0.05) is 27.7 Å². The van der Waals surface area contributed by atoms with Crippen molar-refractivity contribution < 1.29 is 28.7 Å². The summed E-state index contributed by atoms with van der Waals surface area (Å²) < 4.78 is 9.79. The number of rotatable bonds is 7. The van der Waals surface area contributed by atoms with E-state index in [0.717, 1.165) is 23.5 Å². The van der Waals surface area contributed by atoms with Gasteiger partial charge in [0.2, 0.25) is 0 Å². The SMILES string of the molecule is CC(=O)OCC(SC(C)=O)C(COC(C)=O)SC(C)=O. The lowest BCUT2D eigenvalue weighted by Crippen LogP contribution is -2.32. The van der Waals surface area contributed by atoms with Crippen LogP contribution in [0.15, 0.2) is 0 Å².